The molecule has 0 aromatic carbocycles. The summed E-state index contributed by atoms with van der Waals surface area (Å²) in [5.74, 6) is -0.145. The number of anilines is 1. The number of aromatic carboxylic acids is 1. The summed E-state index contributed by atoms with van der Waals surface area (Å²) in [6, 6.07) is 2.88. The smallest absolute Gasteiger partial charge is 0.335 e. The lowest BCUT2D eigenvalue weighted by Crippen LogP contribution is -2.35. The predicted octanol–water partition coefficient (Wildman–Crippen LogP) is 1.99. The van der Waals surface area contributed by atoms with Gasteiger partial charge in [0.2, 0.25) is 0 Å². The molecule has 5 heteroatoms. The van der Waals surface area contributed by atoms with Crippen molar-refractivity contribution in [3.63, 3.8) is 0 Å². The highest BCUT2D eigenvalue weighted by Crippen LogP contribution is 2.17. The summed E-state index contributed by atoms with van der Waals surface area (Å²) in [7, 11) is 0. The number of aromatic nitrogens is 1. The summed E-state index contributed by atoms with van der Waals surface area (Å²) in [5, 5.41) is 21.9. The summed E-state index contributed by atoms with van der Waals surface area (Å²) in [6.07, 6.45) is 2.10. The molecule has 0 fully saturated rings. The first-order valence-electron chi connectivity index (χ1n) is 5.96. The maximum absolute atomic E-state index is 10.8. The molecule has 1 aromatic heterocycles. The minimum absolute atomic E-state index is 0.177. The number of aliphatic hydroxyl groups is 1. The van der Waals surface area contributed by atoms with Gasteiger partial charge >= 0.3 is 5.97 Å². The van der Waals surface area contributed by atoms with Gasteiger partial charge in [0.15, 0.2) is 0 Å². The molecule has 3 N–H and O–H groups in total. The molecule has 1 atom stereocenters. The van der Waals surface area contributed by atoms with Crippen LogP contribution in [0.4, 0.5) is 5.82 Å². The van der Waals surface area contributed by atoms with Gasteiger partial charge in [0.05, 0.1) is 11.2 Å². The van der Waals surface area contributed by atoms with E-state index >= 15 is 0 Å². The van der Waals surface area contributed by atoms with Crippen LogP contribution in [0, 0.1) is 5.92 Å². The van der Waals surface area contributed by atoms with Gasteiger partial charge in [-0.3, -0.25) is 0 Å². The maximum atomic E-state index is 10.8. The third-order valence-corrected chi connectivity index (χ3v) is 2.51. The van der Waals surface area contributed by atoms with Crippen molar-refractivity contribution >= 4 is 11.8 Å². The lowest BCUT2D eigenvalue weighted by atomic mass is 9.94. The molecule has 0 aliphatic carbocycles. The van der Waals surface area contributed by atoms with Crippen LogP contribution in [0.5, 0.6) is 0 Å². The molecular formula is C13H20N2O3. The maximum Gasteiger partial charge on any atom is 0.335 e. The monoisotopic (exact) mass is 252 g/mol. The Morgan fingerprint density at radius 2 is 2.22 bits per heavy atom. The van der Waals surface area contributed by atoms with E-state index in [1.807, 2.05) is 13.8 Å². The van der Waals surface area contributed by atoms with Gasteiger partial charge in [-0.2, -0.15) is 0 Å². The van der Waals surface area contributed by atoms with Crippen molar-refractivity contribution in [2.24, 2.45) is 5.92 Å². The van der Waals surface area contributed by atoms with Crippen molar-refractivity contribution in [3.8, 4) is 0 Å². The number of nitrogens with one attached hydrogen (secondary N) is 1. The van der Waals surface area contributed by atoms with Crippen molar-refractivity contribution in [3.05, 3.63) is 23.9 Å². The number of carbonyl (C=O) groups is 1. The Labute approximate surface area is 107 Å². The minimum atomic E-state index is -0.991. The standard InChI is InChI=1S/C13H20N2O3/c1-9(2)7-13(3,18)8-15-11-6-10(12(16)17)4-5-14-11/h4-6,9,18H,7-8H2,1-3H3,(H,14,15)(H,16,17). The van der Waals surface area contributed by atoms with E-state index < -0.39 is 11.6 Å². The van der Waals surface area contributed by atoms with E-state index in [0.717, 1.165) is 0 Å². The van der Waals surface area contributed by atoms with E-state index in [1.54, 1.807) is 6.92 Å². The number of pyridine rings is 1. The molecule has 1 rings (SSSR count). The topological polar surface area (TPSA) is 82.5 Å². The Hall–Kier alpha value is -1.62. The summed E-state index contributed by atoms with van der Waals surface area (Å²) >= 11 is 0. The molecule has 5 nitrogen and oxygen atoms in total. The van der Waals surface area contributed by atoms with E-state index in [4.69, 9.17) is 5.11 Å². The lowest BCUT2D eigenvalue weighted by Gasteiger charge is -2.25. The fourth-order valence-corrected chi connectivity index (χ4v) is 1.89. The second-order valence-corrected chi connectivity index (χ2v) is 5.18. The second-order valence-electron chi connectivity index (χ2n) is 5.18. The first-order valence-corrected chi connectivity index (χ1v) is 5.96. The van der Waals surface area contributed by atoms with Crippen LogP contribution in [-0.2, 0) is 0 Å². The number of carboxylic acid groups (broad SMARTS) is 1. The van der Waals surface area contributed by atoms with Crippen LogP contribution >= 0.6 is 0 Å². The zero-order valence-electron chi connectivity index (χ0n) is 11.0. The molecule has 0 aliphatic rings. The van der Waals surface area contributed by atoms with E-state index in [2.05, 4.69) is 10.3 Å². The van der Waals surface area contributed by atoms with Gasteiger partial charge in [-0.05, 0) is 31.4 Å². The highest BCUT2D eigenvalue weighted by atomic mass is 16.4. The molecule has 0 saturated carbocycles. The fourth-order valence-electron chi connectivity index (χ4n) is 1.89. The SMILES string of the molecule is CC(C)CC(C)(O)CNc1cc(C(=O)O)ccn1. The van der Waals surface area contributed by atoms with Crippen molar-refractivity contribution in [2.75, 3.05) is 11.9 Å². The molecule has 100 valence electrons. The molecule has 0 amide bonds. The predicted molar refractivity (Wildman–Crippen MR) is 69.8 cm³/mol. The Bertz CT molecular complexity index is 416. The largest absolute Gasteiger partial charge is 0.478 e. The molecule has 0 saturated heterocycles. The minimum Gasteiger partial charge on any atom is -0.478 e. The van der Waals surface area contributed by atoms with Crippen molar-refractivity contribution < 1.29 is 15.0 Å². The van der Waals surface area contributed by atoms with Crippen LogP contribution in [0.25, 0.3) is 0 Å². The van der Waals surface area contributed by atoms with Gasteiger partial charge in [-0.25, -0.2) is 9.78 Å². The third kappa shape index (κ3) is 4.71. The van der Waals surface area contributed by atoms with E-state index in [0.29, 0.717) is 24.7 Å². The van der Waals surface area contributed by atoms with Crippen molar-refractivity contribution in [1.82, 2.24) is 4.98 Å². The van der Waals surface area contributed by atoms with Gasteiger partial charge in [0, 0.05) is 12.7 Å². The summed E-state index contributed by atoms with van der Waals surface area (Å²) in [4.78, 5) is 14.8. The molecule has 0 spiro atoms. The second kappa shape index (κ2) is 5.82. The van der Waals surface area contributed by atoms with Gasteiger partial charge < -0.3 is 15.5 Å². The lowest BCUT2D eigenvalue weighted by molar-refractivity contribution is 0.0514. The van der Waals surface area contributed by atoms with Crippen molar-refractivity contribution in [1.29, 1.82) is 0 Å². The molecule has 0 bridgehead atoms. The van der Waals surface area contributed by atoms with E-state index in [-0.39, 0.29) is 5.56 Å². The van der Waals surface area contributed by atoms with Crippen LogP contribution in [0.3, 0.4) is 0 Å². The molecule has 1 aromatic rings. The van der Waals surface area contributed by atoms with Crippen LogP contribution in [0.15, 0.2) is 18.3 Å². The first-order chi connectivity index (χ1) is 8.30. The molecule has 1 unspecified atom stereocenters. The zero-order valence-corrected chi connectivity index (χ0v) is 11.0. The number of hydrogen-bond donors (Lipinski definition) is 3. The van der Waals surface area contributed by atoms with Crippen LogP contribution in [0.2, 0.25) is 0 Å². The Balaban J connectivity index is 2.63. The number of carboxylic acids is 1. The van der Waals surface area contributed by atoms with E-state index in [9.17, 15) is 9.90 Å². The highest BCUT2D eigenvalue weighted by Gasteiger charge is 2.21. The van der Waals surface area contributed by atoms with Crippen LogP contribution < -0.4 is 5.32 Å². The fraction of sp³-hybridized carbons (Fsp3) is 0.538. The summed E-state index contributed by atoms with van der Waals surface area (Å²) in [5.41, 5.74) is -0.661. The van der Waals surface area contributed by atoms with Crippen LogP contribution in [-0.4, -0.2) is 33.3 Å². The van der Waals surface area contributed by atoms with Crippen molar-refractivity contribution in [2.45, 2.75) is 32.8 Å². The number of rotatable bonds is 6. The van der Waals surface area contributed by atoms with Gasteiger partial charge in [0.25, 0.3) is 0 Å². The number of hydrogen-bond acceptors (Lipinski definition) is 4. The number of nitrogens with zero attached hydrogens (tertiary/aromatic N) is 1. The molecule has 1 heterocycles. The normalized spacial score (nSPS) is 14.3. The summed E-state index contributed by atoms with van der Waals surface area (Å²) < 4.78 is 0. The third-order valence-electron chi connectivity index (χ3n) is 2.51. The zero-order chi connectivity index (χ0) is 13.8. The first kappa shape index (κ1) is 14.4. The van der Waals surface area contributed by atoms with Crippen LogP contribution in [0.1, 0.15) is 37.6 Å². The molecular weight excluding hydrogens is 232 g/mol. The van der Waals surface area contributed by atoms with E-state index in [1.165, 1.54) is 18.3 Å². The summed E-state index contributed by atoms with van der Waals surface area (Å²) in [6.45, 7) is 6.16. The Kier molecular flexibility index (Phi) is 4.67. The highest BCUT2D eigenvalue weighted by molar-refractivity contribution is 5.88. The quantitative estimate of drug-likeness (QED) is 0.721. The Morgan fingerprint density at radius 3 is 2.78 bits per heavy atom. The average Bonchev–Trinajstić information content (AvgIpc) is 2.25. The Morgan fingerprint density at radius 1 is 1.56 bits per heavy atom. The van der Waals surface area contributed by atoms with Gasteiger partial charge in [0.1, 0.15) is 5.82 Å². The molecule has 0 aliphatic heterocycles. The molecule has 0 radical (unpaired) electrons. The average molecular weight is 252 g/mol. The molecule has 18 heavy (non-hydrogen) atoms. The van der Waals surface area contributed by atoms with Gasteiger partial charge in [-0.15, -0.1) is 0 Å². The van der Waals surface area contributed by atoms with Gasteiger partial charge in [-0.1, -0.05) is 13.8 Å².